The molecule has 0 aliphatic carbocycles. The van der Waals surface area contributed by atoms with Crippen LogP contribution in [0.4, 0.5) is 4.39 Å². The number of rotatable bonds is 6. The number of hydrogen-bond donors (Lipinski definition) is 2. The third-order valence-corrected chi connectivity index (χ3v) is 4.98. The van der Waals surface area contributed by atoms with Gasteiger partial charge in [-0.1, -0.05) is 11.6 Å². The number of H-pyrrole nitrogens is 1. The summed E-state index contributed by atoms with van der Waals surface area (Å²) in [4.78, 5) is 27.6. The highest BCUT2D eigenvalue weighted by atomic mass is 35.5. The van der Waals surface area contributed by atoms with Crippen LogP contribution >= 0.6 is 11.6 Å². The molecule has 4 aromatic rings. The quantitative estimate of drug-likeness (QED) is 0.497. The lowest BCUT2D eigenvalue weighted by Crippen LogP contribution is -2.34. The van der Waals surface area contributed by atoms with Gasteiger partial charge in [0.25, 0.3) is 5.56 Å². The normalized spacial score (nSPS) is 11.0. The molecule has 1 amide bonds. The van der Waals surface area contributed by atoms with Crippen molar-refractivity contribution in [2.45, 2.75) is 13.0 Å². The Hall–Kier alpha value is -3.45. The molecular formula is C22H18ClFN4O2. The van der Waals surface area contributed by atoms with E-state index >= 15 is 0 Å². The van der Waals surface area contributed by atoms with Crippen LogP contribution in [0.5, 0.6) is 0 Å². The molecule has 0 saturated carbocycles. The Bertz CT molecular complexity index is 1260. The molecule has 2 heterocycles. The molecule has 0 aliphatic rings. The molecule has 8 heteroatoms. The largest absolute Gasteiger partial charge is 0.361 e. The molecule has 2 aromatic heterocycles. The van der Waals surface area contributed by atoms with Crippen LogP contribution in [0.2, 0.25) is 5.02 Å². The van der Waals surface area contributed by atoms with E-state index in [0.29, 0.717) is 29.2 Å². The van der Waals surface area contributed by atoms with Gasteiger partial charge in [-0.25, -0.2) is 9.07 Å². The molecule has 0 atom stereocenters. The second-order valence-electron chi connectivity index (χ2n) is 6.83. The monoisotopic (exact) mass is 424 g/mol. The minimum Gasteiger partial charge on any atom is -0.361 e. The van der Waals surface area contributed by atoms with Gasteiger partial charge in [0.1, 0.15) is 12.4 Å². The third-order valence-electron chi connectivity index (χ3n) is 4.75. The van der Waals surface area contributed by atoms with Crippen LogP contribution in [0.1, 0.15) is 5.56 Å². The minimum atomic E-state index is -0.387. The molecule has 2 aromatic carbocycles. The Balaban J connectivity index is 1.40. The molecule has 152 valence electrons. The minimum absolute atomic E-state index is 0.201. The summed E-state index contributed by atoms with van der Waals surface area (Å²) >= 11 is 6.06. The van der Waals surface area contributed by atoms with Gasteiger partial charge in [0.2, 0.25) is 5.91 Å². The summed E-state index contributed by atoms with van der Waals surface area (Å²) in [5, 5.41) is 8.70. The highest BCUT2D eigenvalue weighted by Crippen LogP contribution is 2.22. The van der Waals surface area contributed by atoms with E-state index in [-0.39, 0.29) is 23.8 Å². The number of carbonyl (C=O) groups excluding carboxylic acids is 1. The highest BCUT2D eigenvalue weighted by Gasteiger charge is 2.09. The Morgan fingerprint density at radius 3 is 2.73 bits per heavy atom. The molecule has 6 nitrogen and oxygen atoms in total. The molecule has 0 saturated heterocycles. The standard InChI is InChI=1S/C22H18ClFN4O2/c23-16-3-6-20-18(11-16)15(12-26-20)9-10-25-21(29)13-28-22(30)8-7-19(27-28)14-1-4-17(24)5-2-14/h1-8,11-12,26H,9-10,13H2,(H,25,29). The van der Waals surface area contributed by atoms with Crippen molar-refractivity contribution in [1.82, 2.24) is 20.1 Å². The van der Waals surface area contributed by atoms with E-state index in [0.717, 1.165) is 21.1 Å². The van der Waals surface area contributed by atoms with Gasteiger partial charge in [0.05, 0.1) is 5.69 Å². The number of aromatic nitrogens is 3. The van der Waals surface area contributed by atoms with Gasteiger partial charge in [-0.2, -0.15) is 5.10 Å². The van der Waals surface area contributed by atoms with Crippen LogP contribution < -0.4 is 10.9 Å². The molecule has 0 bridgehead atoms. The van der Waals surface area contributed by atoms with Crippen molar-refractivity contribution >= 4 is 28.4 Å². The first-order chi connectivity index (χ1) is 14.5. The van der Waals surface area contributed by atoms with Crippen LogP contribution in [0.15, 0.2) is 65.6 Å². The predicted molar refractivity (Wildman–Crippen MR) is 114 cm³/mol. The molecule has 4 rings (SSSR count). The van der Waals surface area contributed by atoms with Crippen LogP contribution in [0.25, 0.3) is 22.2 Å². The summed E-state index contributed by atoms with van der Waals surface area (Å²) in [5.74, 6) is -0.678. The summed E-state index contributed by atoms with van der Waals surface area (Å²) in [5.41, 5.74) is 2.78. The molecule has 30 heavy (non-hydrogen) atoms. The Morgan fingerprint density at radius 1 is 1.13 bits per heavy atom. The summed E-state index contributed by atoms with van der Waals surface area (Å²) in [6, 6.07) is 14.3. The molecule has 0 unspecified atom stereocenters. The molecule has 2 N–H and O–H groups in total. The summed E-state index contributed by atoms with van der Waals surface area (Å²) in [7, 11) is 0. The maximum Gasteiger partial charge on any atom is 0.267 e. The number of hydrogen-bond acceptors (Lipinski definition) is 3. The van der Waals surface area contributed by atoms with Crippen LogP contribution in [0.3, 0.4) is 0 Å². The lowest BCUT2D eigenvalue weighted by atomic mass is 10.1. The fraction of sp³-hybridized carbons (Fsp3) is 0.136. The van der Waals surface area contributed by atoms with Gasteiger partial charge in [-0.15, -0.1) is 0 Å². The Kier molecular flexibility index (Phi) is 5.63. The van der Waals surface area contributed by atoms with E-state index in [2.05, 4.69) is 15.4 Å². The van der Waals surface area contributed by atoms with Crippen molar-refractivity contribution in [2.24, 2.45) is 0 Å². The van der Waals surface area contributed by atoms with Gasteiger partial charge < -0.3 is 10.3 Å². The fourth-order valence-electron chi connectivity index (χ4n) is 3.22. The van der Waals surface area contributed by atoms with E-state index in [4.69, 9.17) is 11.6 Å². The summed E-state index contributed by atoms with van der Waals surface area (Å²) in [6.45, 7) is 0.207. The van der Waals surface area contributed by atoms with Crippen molar-refractivity contribution in [2.75, 3.05) is 6.54 Å². The summed E-state index contributed by atoms with van der Waals surface area (Å²) in [6.07, 6.45) is 2.51. The SMILES string of the molecule is O=C(Cn1nc(-c2ccc(F)cc2)ccc1=O)NCCc1c[nH]c2ccc(Cl)cc12. The van der Waals surface area contributed by atoms with E-state index in [1.54, 1.807) is 18.2 Å². The lowest BCUT2D eigenvalue weighted by Gasteiger charge is -2.08. The van der Waals surface area contributed by atoms with Crippen molar-refractivity contribution in [3.8, 4) is 11.3 Å². The Morgan fingerprint density at radius 2 is 1.93 bits per heavy atom. The number of benzene rings is 2. The maximum atomic E-state index is 13.1. The first kappa shape index (κ1) is 19.8. The molecule has 0 spiro atoms. The maximum absolute atomic E-state index is 13.1. The number of aromatic amines is 1. The number of carbonyl (C=O) groups is 1. The second kappa shape index (κ2) is 8.51. The topological polar surface area (TPSA) is 79.8 Å². The zero-order valence-electron chi connectivity index (χ0n) is 15.9. The average molecular weight is 425 g/mol. The zero-order valence-corrected chi connectivity index (χ0v) is 16.6. The van der Waals surface area contributed by atoms with Crippen molar-refractivity contribution in [3.63, 3.8) is 0 Å². The number of amides is 1. The Labute approximate surface area is 176 Å². The first-order valence-electron chi connectivity index (χ1n) is 9.36. The number of nitrogens with zero attached hydrogens (tertiary/aromatic N) is 2. The molecule has 0 fully saturated rings. The van der Waals surface area contributed by atoms with E-state index in [1.807, 2.05) is 24.4 Å². The van der Waals surface area contributed by atoms with E-state index in [1.165, 1.54) is 18.2 Å². The number of fused-ring (bicyclic) bond motifs is 1. The van der Waals surface area contributed by atoms with Crippen LogP contribution in [-0.2, 0) is 17.8 Å². The second-order valence-corrected chi connectivity index (χ2v) is 7.26. The van der Waals surface area contributed by atoms with Gasteiger partial charge in [0, 0.05) is 40.3 Å². The van der Waals surface area contributed by atoms with Gasteiger partial charge in [-0.05, 0) is 60.5 Å². The van der Waals surface area contributed by atoms with E-state index < -0.39 is 0 Å². The molecule has 0 aliphatic heterocycles. The molecular weight excluding hydrogens is 407 g/mol. The van der Waals surface area contributed by atoms with Crippen LogP contribution in [0, 0.1) is 5.82 Å². The van der Waals surface area contributed by atoms with Crippen LogP contribution in [-0.4, -0.2) is 27.2 Å². The summed E-state index contributed by atoms with van der Waals surface area (Å²) < 4.78 is 14.2. The van der Waals surface area contributed by atoms with Gasteiger partial charge >= 0.3 is 0 Å². The van der Waals surface area contributed by atoms with E-state index in [9.17, 15) is 14.0 Å². The lowest BCUT2D eigenvalue weighted by molar-refractivity contribution is -0.121. The van der Waals surface area contributed by atoms with Gasteiger partial charge in [-0.3, -0.25) is 9.59 Å². The predicted octanol–water partition coefficient (Wildman–Crippen LogP) is 3.54. The molecule has 0 radical (unpaired) electrons. The van der Waals surface area contributed by atoms with Crippen molar-refractivity contribution < 1.29 is 9.18 Å². The van der Waals surface area contributed by atoms with Crippen molar-refractivity contribution in [1.29, 1.82) is 0 Å². The smallest absolute Gasteiger partial charge is 0.267 e. The number of nitrogens with one attached hydrogen (secondary N) is 2. The fourth-order valence-corrected chi connectivity index (χ4v) is 3.39. The third kappa shape index (κ3) is 4.41. The zero-order chi connectivity index (χ0) is 21.1. The first-order valence-corrected chi connectivity index (χ1v) is 9.74. The highest BCUT2D eigenvalue weighted by molar-refractivity contribution is 6.31. The average Bonchev–Trinajstić information content (AvgIpc) is 3.12. The van der Waals surface area contributed by atoms with Crippen molar-refractivity contribution in [3.05, 3.63) is 87.6 Å². The number of halogens is 2. The van der Waals surface area contributed by atoms with Gasteiger partial charge in [0.15, 0.2) is 0 Å².